The van der Waals surface area contributed by atoms with Gasteiger partial charge in [-0.3, -0.25) is 0 Å². The molecule has 24 heavy (non-hydrogen) atoms. The van der Waals surface area contributed by atoms with Gasteiger partial charge in [0.1, 0.15) is 0 Å². The average Bonchev–Trinajstić information content (AvgIpc) is 2.57. The van der Waals surface area contributed by atoms with Crippen LogP contribution in [0.25, 0.3) is 0 Å². The van der Waals surface area contributed by atoms with Gasteiger partial charge in [0.25, 0.3) is 0 Å². The minimum absolute atomic E-state index is 0.183. The van der Waals surface area contributed by atoms with Crippen molar-refractivity contribution in [2.75, 3.05) is 5.32 Å². The molecular formula is C20H23N3S. The van der Waals surface area contributed by atoms with Gasteiger partial charge in [0.15, 0.2) is 5.11 Å². The van der Waals surface area contributed by atoms with Crippen molar-refractivity contribution in [1.29, 1.82) is 5.26 Å². The molecule has 0 saturated carbocycles. The quantitative estimate of drug-likeness (QED) is 0.769. The third kappa shape index (κ3) is 4.81. The van der Waals surface area contributed by atoms with E-state index >= 15 is 0 Å². The molecule has 0 spiro atoms. The van der Waals surface area contributed by atoms with Crippen molar-refractivity contribution in [3.8, 4) is 6.07 Å². The van der Waals surface area contributed by atoms with Crippen LogP contribution in [-0.4, -0.2) is 5.11 Å². The highest BCUT2D eigenvalue weighted by Gasteiger charge is 2.11. The average molecular weight is 337 g/mol. The highest BCUT2D eigenvalue weighted by atomic mass is 32.1. The van der Waals surface area contributed by atoms with Crippen LogP contribution in [-0.2, 0) is 6.42 Å². The van der Waals surface area contributed by atoms with E-state index in [1.807, 2.05) is 24.3 Å². The predicted molar refractivity (Wildman–Crippen MR) is 104 cm³/mol. The molecule has 0 fully saturated rings. The van der Waals surface area contributed by atoms with Crippen LogP contribution in [0.1, 0.15) is 41.6 Å². The van der Waals surface area contributed by atoms with Gasteiger partial charge in [0, 0.05) is 5.69 Å². The fourth-order valence-corrected chi connectivity index (χ4v) is 2.79. The van der Waals surface area contributed by atoms with E-state index in [0.29, 0.717) is 11.5 Å². The zero-order valence-corrected chi connectivity index (χ0v) is 15.2. The summed E-state index contributed by atoms with van der Waals surface area (Å²) in [5, 5.41) is 15.9. The molecule has 0 aliphatic carbocycles. The van der Waals surface area contributed by atoms with E-state index < -0.39 is 0 Å². The molecule has 0 aliphatic heterocycles. The van der Waals surface area contributed by atoms with E-state index in [9.17, 15) is 0 Å². The van der Waals surface area contributed by atoms with Crippen LogP contribution in [0.2, 0.25) is 0 Å². The maximum absolute atomic E-state index is 8.71. The summed E-state index contributed by atoms with van der Waals surface area (Å²) in [5.74, 6) is 0. The third-order valence-corrected chi connectivity index (χ3v) is 4.36. The Morgan fingerprint density at radius 3 is 2.42 bits per heavy atom. The molecule has 1 atom stereocenters. The van der Waals surface area contributed by atoms with Gasteiger partial charge in [-0.15, -0.1) is 0 Å². The number of thiocarbonyl (C=S) groups is 1. The SMILES string of the molecule is CC[C@@H](NC(=S)Nc1ccc(CC#N)cc1)c1ccc(C)c(C)c1. The lowest BCUT2D eigenvalue weighted by molar-refractivity contribution is 0.628. The molecule has 4 heteroatoms. The van der Waals surface area contributed by atoms with Gasteiger partial charge in [0.2, 0.25) is 0 Å². The van der Waals surface area contributed by atoms with Crippen molar-refractivity contribution in [1.82, 2.24) is 5.32 Å². The Bertz CT molecular complexity index is 744. The zero-order valence-electron chi connectivity index (χ0n) is 14.4. The van der Waals surface area contributed by atoms with Crippen LogP contribution in [0.3, 0.4) is 0 Å². The van der Waals surface area contributed by atoms with Gasteiger partial charge in [-0.1, -0.05) is 37.3 Å². The molecule has 0 saturated heterocycles. The number of nitrogens with one attached hydrogen (secondary N) is 2. The minimum Gasteiger partial charge on any atom is -0.356 e. The van der Waals surface area contributed by atoms with Crippen molar-refractivity contribution < 1.29 is 0 Å². The Kier molecular flexibility index (Phi) is 6.34. The smallest absolute Gasteiger partial charge is 0.171 e. The predicted octanol–water partition coefficient (Wildman–Crippen LogP) is 4.81. The normalized spacial score (nSPS) is 11.4. The largest absolute Gasteiger partial charge is 0.356 e. The molecule has 2 aromatic carbocycles. The van der Waals surface area contributed by atoms with Crippen LogP contribution >= 0.6 is 12.2 Å². The molecule has 2 rings (SSSR count). The Labute approximate surface area is 149 Å². The first-order chi connectivity index (χ1) is 11.5. The minimum atomic E-state index is 0.183. The number of hydrogen-bond acceptors (Lipinski definition) is 2. The van der Waals surface area contributed by atoms with E-state index in [-0.39, 0.29) is 6.04 Å². The topological polar surface area (TPSA) is 47.8 Å². The van der Waals surface area contributed by atoms with Crippen molar-refractivity contribution >= 4 is 23.0 Å². The fraction of sp³-hybridized carbons (Fsp3) is 0.300. The van der Waals surface area contributed by atoms with Gasteiger partial charge in [-0.2, -0.15) is 5.26 Å². The number of hydrogen-bond donors (Lipinski definition) is 2. The van der Waals surface area contributed by atoms with E-state index in [0.717, 1.165) is 17.7 Å². The van der Waals surface area contributed by atoms with Crippen molar-refractivity contribution in [3.05, 3.63) is 64.7 Å². The van der Waals surface area contributed by atoms with E-state index in [4.69, 9.17) is 17.5 Å². The third-order valence-electron chi connectivity index (χ3n) is 4.14. The Balaban J connectivity index is 2.01. The van der Waals surface area contributed by atoms with Gasteiger partial charge in [-0.25, -0.2) is 0 Å². The lowest BCUT2D eigenvalue weighted by atomic mass is 9.99. The summed E-state index contributed by atoms with van der Waals surface area (Å²) < 4.78 is 0. The number of rotatable bonds is 5. The molecule has 0 unspecified atom stereocenters. The number of nitriles is 1. The molecule has 2 N–H and O–H groups in total. The maximum Gasteiger partial charge on any atom is 0.171 e. The van der Waals surface area contributed by atoms with E-state index in [1.54, 1.807) is 0 Å². The molecule has 0 aliphatic rings. The molecule has 0 radical (unpaired) electrons. The molecule has 3 nitrogen and oxygen atoms in total. The van der Waals surface area contributed by atoms with Crippen LogP contribution in [0, 0.1) is 25.2 Å². The second kappa shape index (κ2) is 8.47. The molecule has 0 amide bonds. The van der Waals surface area contributed by atoms with Crippen LogP contribution in [0.5, 0.6) is 0 Å². The monoisotopic (exact) mass is 337 g/mol. The van der Waals surface area contributed by atoms with Crippen molar-refractivity contribution in [2.24, 2.45) is 0 Å². The first-order valence-corrected chi connectivity index (χ1v) is 8.55. The van der Waals surface area contributed by atoms with Crippen LogP contribution in [0.15, 0.2) is 42.5 Å². The second-order valence-electron chi connectivity index (χ2n) is 5.93. The van der Waals surface area contributed by atoms with Crippen molar-refractivity contribution in [3.63, 3.8) is 0 Å². The molecule has 0 bridgehead atoms. The van der Waals surface area contributed by atoms with Gasteiger partial charge in [0.05, 0.1) is 18.5 Å². The van der Waals surface area contributed by atoms with Gasteiger partial charge in [-0.05, 0) is 66.9 Å². The number of anilines is 1. The first kappa shape index (κ1) is 18.0. The Morgan fingerprint density at radius 2 is 1.83 bits per heavy atom. The number of nitrogens with zero attached hydrogens (tertiary/aromatic N) is 1. The summed E-state index contributed by atoms with van der Waals surface area (Å²) in [6, 6.07) is 16.6. The highest BCUT2D eigenvalue weighted by Crippen LogP contribution is 2.20. The lowest BCUT2D eigenvalue weighted by Gasteiger charge is -2.21. The maximum atomic E-state index is 8.71. The Hall–Kier alpha value is -2.38. The van der Waals surface area contributed by atoms with Gasteiger partial charge >= 0.3 is 0 Å². The van der Waals surface area contributed by atoms with Crippen molar-refractivity contribution in [2.45, 2.75) is 39.7 Å². The second-order valence-corrected chi connectivity index (χ2v) is 6.34. The van der Waals surface area contributed by atoms with E-state index in [1.165, 1.54) is 16.7 Å². The standard InChI is InChI=1S/C20H23N3S/c1-4-19(17-8-5-14(2)15(3)13-17)23-20(24)22-18-9-6-16(7-10-18)11-12-21/h5-10,13,19H,4,11H2,1-3H3,(H2,22,23,24)/t19-/m1/s1. The Morgan fingerprint density at radius 1 is 1.12 bits per heavy atom. The van der Waals surface area contributed by atoms with Gasteiger partial charge < -0.3 is 10.6 Å². The van der Waals surface area contributed by atoms with Crippen LogP contribution in [0.4, 0.5) is 5.69 Å². The number of benzene rings is 2. The molecule has 0 aromatic heterocycles. The lowest BCUT2D eigenvalue weighted by Crippen LogP contribution is -2.32. The first-order valence-electron chi connectivity index (χ1n) is 8.14. The fourth-order valence-electron chi connectivity index (χ4n) is 2.53. The highest BCUT2D eigenvalue weighted by molar-refractivity contribution is 7.80. The summed E-state index contributed by atoms with van der Waals surface area (Å²) in [6.07, 6.45) is 1.37. The summed E-state index contributed by atoms with van der Waals surface area (Å²) >= 11 is 5.45. The summed E-state index contributed by atoms with van der Waals surface area (Å²) in [5.41, 5.74) is 5.76. The summed E-state index contributed by atoms with van der Waals surface area (Å²) in [6.45, 7) is 6.40. The summed E-state index contributed by atoms with van der Waals surface area (Å²) in [7, 11) is 0. The molecule has 2 aromatic rings. The molecular weight excluding hydrogens is 314 g/mol. The molecule has 0 heterocycles. The van der Waals surface area contributed by atoms with Crippen LogP contribution < -0.4 is 10.6 Å². The summed E-state index contributed by atoms with van der Waals surface area (Å²) in [4.78, 5) is 0. The van der Waals surface area contributed by atoms with E-state index in [2.05, 4.69) is 55.7 Å². The zero-order chi connectivity index (χ0) is 17.5. The molecule has 124 valence electrons. The number of aryl methyl sites for hydroxylation is 2.